The Morgan fingerprint density at radius 1 is 0.968 bits per heavy atom. The number of allylic oxidation sites excluding steroid dienone is 7. The molecule has 3 nitrogen and oxygen atoms in total. The van der Waals surface area contributed by atoms with Crippen LogP contribution in [0.25, 0.3) is 0 Å². The number of ether oxygens (including phenoxy) is 2. The number of carbonyl (C=O) groups is 1. The van der Waals surface area contributed by atoms with E-state index in [-0.39, 0.29) is 21.7 Å². The molecule has 1 saturated heterocycles. The minimum atomic E-state index is -0.203. The maximum Gasteiger partial charge on any atom is 0.204 e. The lowest BCUT2D eigenvalue weighted by Crippen LogP contribution is -2.45. The third-order valence-corrected chi connectivity index (χ3v) is 10.0. The Kier molecular flexibility index (Phi) is 10.3. The number of methoxy groups -OCH3 is 2. The second kappa shape index (κ2) is 12.2. The molecule has 0 N–H and O–H groups in total. The van der Waals surface area contributed by atoms with Gasteiger partial charge in [0.1, 0.15) is 4.08 Å². The highest BCUT2D eigenvalue weighted by Gasteiger charge is 2.55. The number of thioether (sulfide) groups is 2. The lowest BCUT2D eigenvalue weighted by atomic mass is 9.78. The monoisotopic (exact) mass is 464 g/mol. The summed E-state index contributed by atoms with van der Waals surface area (Å²) in [7, 11) is 3.25. The van der Waals surface area contributed by atoms with Crippen LogP contribution in [0, 0.1) is 11.8 Å². The number of Topliss-reactive ketones (excluding diaryl/α,β-unsaturated/α-hetero) is 1. The highest BCUT2D eigenvalue weighted by atomic mass is 32.2. The fourth-order valence-corrected chi connectivity index (χ4v) is 7.94. The van der Waals surface area contributed by atoms with Gasteiger partial charge >= 0.3 is 0 Å². The van der Waals surface area contributed by atoms with Crippen molar-refractivity contribution in [2.24, 2.45) is 11.8 Å². The zero-order valence-electron chi connectivity index (χ0n) is 20.4. The summed E-state index contributed by atoms with van der Waals surface area (Å²) in [6, 6.07) is 0. The molecule has 0 saturated carbocycles. The molecule has 2 rings (SSSR count). The number of rotatable bonds is 10. The first-order chi connectivity index (χ1) is 14.8. The highest BCUT2D eigenvalue weighted by molar-refractivity contribution is 8.21. The van der Waals surface area contributed by atoms with Crippen LogP contribution in [0.3, 0.4) is 0 Å². The summed E-state index contributed by atoms with van der Waals surface area (Å²) in [6.45, 7) is 10.9. The van der Waals surface area contributed by atoms with Crippen LogP contribution in [0.5, 0.6) is 0 Å². The van der Waals surface area contributed by atoms with Crippen LogP contribution in [0.2, 0.25) is 0 Å². The van der Waals surface area contributed by atoms with Crippen molar-refractivity contribution < 1.29 is 14.3 Å². The van der Waals surface area contributed by atoms with E-state index in [2.05, 4.69) is 52.8 Å². The largest absolute Gasteiger partial charge is 0.495 e. The summed E-state index contributed by atoms with van der Waals surface area (Å²) in [5.74, 6) is 3.53. The molecule has 0 aromatic rings. The SMILES string of the molecule is COC1=C(OC)C2(SCCS2)C(C)C(C/C=C(\C)CC/C=C(\C)CCC=C(C)C)C1=O. The van der Waals surface area contributed by atoms with Gasteiger partial charge in [0.2, 0.25) is 11.5 Å². The van der Waals surface area contributed by atoms with E-state index in [1.54, 1.807) is 14.2 Å². The standard InChI is InChI=1S/C26H40O3S2/c1-18(2)10-8-11-19(3)12-9-13-20(4)14-15-22-21(5)26(30-16-17-31-26)25(29-7)24(28-6)23(22)27/h10,12,14,21-22H,8-9,11,13,15-17H2,1-7H3/b19-12+,20-14+. The highest BCUT2D eigenvalue weighted by Crippen LogP contribution is 2.59. The van der Waals surface area contributed by atoms with Gasteiger partial charge in [0, 0.05) is 17.4 Å². The molecular formula is C26H40O3S2. The van der Waals surface area contributed by atoms with Gasteiger partial charge in [-0.05, 0) is 65.7 Å². The fourth-order valence-electron chi connectivity index (χ4n) is 4.37. The molecule has 174 valence electrons. The minimum Gasteiger partial charge on any atom is -0.495 e. The zero-order chi connectivity index (χ0) is 23.0. The first-order valence-electron chi connectivity index (χ1n) is 11.4. The van der Waals surface area contributed by atoms with E-state index in [1.807, 2.05) is 23.5 Å². The normalized spacial score (nSPS) is 24.0. The van der Waals surface area contributed by atoms with Crippen LogP contribution in [-0.2, 0) is 14.3 Å². The first-order valence-corrected chi connectivity index (χ1v) is 13.3. The molecule has 0 bridgehead atoms. The van der Waals surface area contributed by atoms with Gasteiger partial charge in [-0.25, -0.2) is 0 Å². The lowest BCUT2D eigenvalue weighted by Gasteiger charge is -2.42. The smallest absolute Gasteiger partial charge is 0.204 e. The summed E-state index contributed by atoms with van der Waals surface area (Å²) in [6.07, 6.45) is 12.1. The molecule has 0 aromatic heterocycles. The van der Waals surface area contributed by atoms with Crippen LogP contribution in [-0.4, -0.2) is 35.6 Å². The molecule has 0 aromatic carbocycles. The number of hydrogen-bond acceptors (Lipinski definition) is 5. The van der Waals surface area contributed by atoms with E-state index in [9.17, 15) is 4.79 Å². The van der Waals surface area contributed by atoms with Crippen LogP contribution >= 0.6 is 23.5 Å². The molecule has 1 fully saturated rings. The van der Waals surface area contributed by atoms with Gasteiger partial charge in [0.25, 0.3) is 0 Å². The number of carbonyl (C=O) groups excluding carboxylic acids is 1. The van der Waals surface area contributed by atoms with E-state index in [0.29, 0.717) is 5.76 Å². The number of hydrogen-bond donors (Lipinski definition) is 0. The molecule has 2 unspecified atom stereocenters. The van der Waals surface area contributed by atoms with E-state index in [4.69, 9.17) is 9.47 Å². The van der Waals surface area contributed by atoms with Crippen molar-refractivity contribution >= 4 is 29.3 Å². The van der Waals surface area contributed by atoms with Crippen LogP contribution < -0.4 is 0 Å². The minimum absolute atomic E-state index is 0.0664. The van der Waals surface area contributed by atoms with Crippen molar-refractivity contribution in [3.05, 3.63) is 46.5 Å². The average molecular weight is 465 g/mol. The van der Waals surface area contributed by atoms with Gasteiger partial charge in [-0.15, -0.1) is 23.5 Å². The second-order valence-electron chi connectivity index (χ2n) is 8.89. The van der Waals surface area contributed by atoms with Crippen molar-refractivity contribution in [1.29, 1.82) is 0 Å². The topological polar surface area (TPSA) is 35.5 Å². The van der Waals surface area contributed by atoms with Crippen LogP contribution in [0.15, 0.2) is 46.5 Å². The van der Waals surface area contributed by atoms with Crippen molar-refractivity contribution in [3.63, 3.8) is 0 Å². The Hall–Kier alpha value is -1.07. The van der Waals surface area contributed by atoms with Crippen LogP contribution in [0.4, 0.5) is 0 Å². The predicted octanol–water partition coefficient (Wildman–Crippen LogP) is 7.31. The van der Waals surface area contributed by atoms with E-state index >= 15 is 0 Å². The maximum atomic E-state index is 13.2. The molecule has 1 aliphatic heterocycles. The number of ketones is 1. The quantitative estimate of drug-likeness (QED) is 0.317. The van der Waals surface area contributed by atoms with Crippen molar-refractivity contribution in [1.82, 2.24) is 0 Å². The molecule has 0 amide bonds. The van der Waals surface area contributed by atoms with Gasteiger partial charge in [0.15, 0.2) is 5.76 Å². The van der Waals surface area contributed by atoms with E-state index < -0.39 is 0 Å². The fraction of sp³-hybridized carbons (Fsp3) is 0.654. The summed E-state index contributed by atoms with van der Waals surface area (Å²) in [5.41, 5.74) is 4.20. The van der Waals surface area contributed by atoms with Gasteiger partial charge in [-0.2, -0.15) is 0 Å². The predicted molar refractivity (Wildman–Crippen MR) is 136 cm³/mol. The van der Waals surface area contributed by atoms with Gasteiger partial charge in [-0.1, -0.05) is 41.9 Å². The van der Waals surface area contributed by atoms with Crippen molar-refractivity contribution in [3.8, 4) is 0 Å². The zero-order valence-corrected chi connectivity index (χ0v) is 22.0. The molecule has 5 heteroatoms. The average Bonchev–Trinajstić information content (AvgIpc) is 3.21. The maximum absolute atomic E-state index is 13.2. The van der Waals surface area contributed by atoms with E-state index in [1.165, 1.54) is 16.7 Å². The molecule has 2 aliphatic rings. The lowest BCUT2D eigenvalue weighted by molar-refractivity contribution is -0.125. The van der Waals surface area contributed by atoms with Gasteiger partial charge < -0.3 is 9.47 Å². The first kappa shape index (κ1) is 26.2. The third-order valence-electron chi connectivity index (χ3n) is 6.25. The van der Waals surface area contributed by atoms with Gasteiger partial charge in [-0.3, -0.25) is 4.79 Å². The van der Waals surface area contributed by atoms with E-state index in [0.717, 1.165) is 49.4 Å². The Morgan fingerprint density at radius 3 is 2.10 bits per heavy atom. The summed E-state index contributed by atoms with van der Waals surface area (Å²) in [5, 5.41) is 0. The molecular weight excluding hydrogens is 424 g/mol. The Morgan fingerprint density at radius 2 is 1.55 bits per heavy atom. The Balaban J connectivity index is 2.03. The van der Waals surface area contributed by atoms with Crippen LogP contribution in [0.1, 0.15) is 66.7 Å². The van der Waals surface area contributed by atoms with Crippen molar-refractivity contribution in [2.75, 3.05) is 25.7 Å². The molecule has 1 spiro atoms. The summed E-state index contributed by atoms with van der Waals surface area (Å²) in [4.78, 5) is 13.2. The van der Waals surface area contributed by atoms with Crippen molar-refractivity contribution in [2.45, 2.75) is 70.8 Å². The molecule has 0 radical (unpaired) electrons. The molecule has 1 heterocycles. The second-order valence-corrected chi connectivity index (χ2v) is 11.8. The molecule has 31 heavy (non-hydrogen) atoms. The summed E-state index contributed by atoms with van der Waals surface area (Å²) < 4.78 is 11.1. The molecule has 2 atom stereocenters. The Bertz CT molecular complexity index is 751. The summed E-state index contributed by atoms with van der Waals surface area (Å²) >= 11 is 3.81. The molecule has 1 aliphatic carbocycles. The third kappa shape index (κ3) is 6.47. The van der Waals surface area contributed by atoms with Gasteiger partial charge in [0.05, 0.1) is 14.2 Å². The Labute approximate surface area is 198 Å².